The second-order valence-corrected chi connectivity index (χ2v) is 5.15. The molecule has 2 saturated heterocycles. The van der Waals surface area contributed by atoms with Crippen molar-refractivity contribution in [3.8, 4) is 0 Å². The third-order valence-corrected chi connectivity index (χ3v) is 3.94. The quantitative estimate of drug-likeness (QED) is 0.779. The molecule has 2 aliphatic rings. The fourth-order valence-corrected chi connectivity index (χ4v) is 2.86. The van der Waals surface area contributed by atoms with E-state index in [1.54, 1.807) is 0 Å². The Morgan fingerprint density at radius 3 is 2.56 bits per heavy atom. The van der Waals surface area contributed by atoms with Crippen molar-refractivity contribution in [1.29, 1.82) is 0 Å². The maximum atomic E-state index is 5.71. The van der Waals surface area contributed by atoms with Crippen LogP contribution in [0.15, 0.2) is 0 Å². The van der Waals surface area contributed by atoms with Gasteiger partial charge in [-0.1, -0.05) is 0 Å². The van der Waals surface area contributed by atoms with Gasteiger partial charge in [0, 0.05) is 25.9 Å². The van der Waals surface area contributed by atoms with Crippen molar-refractivity contribution in [3.63, 3.8) is 0 Å². The monoisotopic (exact) mass is 227 g/mol. The van der Waals surface area contributed by atoms with Crippen LogP contribution in [0.5, 0.6) is 0 Å². The lowest BCUT2D eigenvalue weighted by atomic mass is 9.90. The lowest BCUT2D eigenvalue weighted by Gasteiger charge is -2.27. The van der Waals surface area contributed by atoms with Gasteiger partial charge in [-0.05, 0) is 51.5 Å². The summed E-state index contributed by atoms with van der Waals surface area (Å²) in [4.78, 5) is 0. The van der Waals surface area contributed by atoms with Crippen molar-refractivity contribution in [2.45, 2.75) is 50.7 Å². The summed E-state index contributed by atoms with van der Waals surface area (Å²) in [7, 11) is 2.08. The van der Waals surface area contributed by atoms with Gasteiger partial charge in [0.1, 0.15) is 0 Å². The van der Waals surface area contributed by atoms with Crippen LogP contribution in [0.25, 0.3) is 0 Å². The molecule has 0 amide bonds. The molecule has 2 heterocycles. The predicted octanol–water partition coefficient (Wildman–Crippen LogP) is 1.96. The van der Waals surface area contributed by atoms with E-state index in [1.165, 1.54) is 38.5 Å². The highest BCUT2D eigenvalue weighted by molar-refractivity contribution is 4.77. The number of nitrogens with one attached hydrogen (secondary N) is 1. The van der Waals surface area contributed by atoms with Gasteiger partial charge >= 0.3 is 0 Å². The second kappa shape index (κ2) is 6.58. The summed E-state index contributed by atoms with van der Waals surface area (Å²) in [6.07, 6.45) is 7.97. The second-order valence-electron chi connectivity index (χ2n) is 5.15. The van der Waals surface area contributed by atoms with Gasteiger partial charge in [0.05, 0.1) is 6.10 Å². The van der Waals surface area contributed by atoms with E-state index < -0.39 is 0 Å². The minimum absolute atomic E-state index is 0.511. The van der Waals surface area contributed by atoms with Crippen molar-refractivity contribution in [1.82, 2.24) is 5.32 Å². The molecule has 2 atom stereocenters. The first-order valence-corrected chi connectivity index (χ1v) is 6.75. The molecule has 0 aliphatic carbocycles. The van der Waals surface area contributed by atoms with Gasteiger partial charge in [0.15, 0.2) is 0 Å². The van der Waals surface area contributed by atoms with Crippen LogP contribution >= 0.6 is 0 Å². The Bertz CT molecular complexity index is 186. The molecule has 0 bridgehead atoms. The summed E-state index contributed by atoms with van der Waals surface area (Å²) in [5.74, 6) is 0.854. The Kier molecular flexibility index (Phi) is 5.07. The zero-order chi connectivity index (χ0) is 11.2. The molecular formula is C13H25NO2. The molecule has 2 fully saturated rings. The van der Waals surface area contributed by atoms with Gasteiger partial charge in [-0.3, -0.25) is 0 Å². The maximum Gasteiger partial charge on any atom is 0.0590 e. The molecule has 0 aromatic rings. The summed E-state index contributed by atoms with van der Waals surface area (Å²) in [6.45, 7) is 2.89. The molecule has 0 aromatic carbocycles. The average molecular weight is 227 g/mol. The molecule has 94 valence electrons. The smallest absolute Gasteiger partial charge is 0.0590 e. The topological polar surface area (TPSA) is 30.5 Å². The molecular weight excluding hydrogens is 202 g/mol. The molecule has 3 heteroatoms. The highest BCUT2D eigenvalue weighted by Gasteiger charge is 2.23. The van der Waals surface area contributed by atoms with Gasteiger partial charge < -0.3 is 14.8 Å². The normalized spacial score (nSPS) is 29.4. The van der Waals surface area contributed by atoms with Crippen LogP contribution in [0.1, 0.15) is 38.5 Å². The number of rotatable bonds is 5. The van der Waals surface area contributed by atoms with Crippen LogP contribution in [0.3, 0.4) is 0 Å². The van der Waals surface area contributed by atoms with Crippen molar-refractivity contribution in [3.05, 3.63) is 0 Å². The SMILES string of the molecule is CNC(CC1CCOCC1)CC1CCCO1. The predicted molar refractivity (Wildman–Crippen MR) is 64.6 cm³/mol. The minimum Gasteiger partial charge on any atom is -0.381 e. The molecule has 0 aromatic heterocycles. The largest absolute Gasteiger partial charge is 0.381 e. The first kappa shape index (κ1) is 12.3. The molecule has 1 N–H and O–H groups in total. The zero-order valence-electron chi connectivity index (χ0n) is 10.4. The van der Waals surface area contributed by atoms with E-state index in [4.69, 9.17) is 9.47 Å². The highest BCUT2D eigenvalue weighted by atomic mass is 16.5. The first-order valence-electron chi connectivity index (χ1n) is 6.75. The van der Waals surface area contributed by atoms with E-state index in [2.05, 4.69) is 12.4 Å². The fourth-order valence-electron chi connectivity index (χ4n) is 2.86. The summed E-state index contributed by atoms with van der Waals surface area (Å²) < 4.78 is 11.1. The zero-order valence-corrected chi connectivity index (χ0v) is 10.4. The van der Waals surface area contributed by atoms with E-state index in [9.17, 15) is 0 Å². The van der Waals surface area contributed by atoms with Crippen LogP contribution in [0, 0.1) is 5.92 Å². The number of ether oxygens (including phenoxy) is 2. The molecule has 2 rings (SSSR count). The van der Waals surface area contributed by atoms with Crippen LogP contribution in [0.2, 0.25) is 0 Å². The summed E-state index contributed by atoms with van der Waals surface area (Å²) in [6, 6.07) is 0.631. The van der Waals surface area contributed by atoms with Crippen molar-refractivity contribution < 1.29 is 9.47 Å². The van der Waals surface area contributed by atoms with Crippen LogP contribution in [-0.4, -0.2) is 39.0 Å². The molecule has 0 spiro atoms. The van der Waals surface area contributed by atoms with Gasteiger partial charge in [0.25, 0.3) is 0 Å². The highest BCUT2D eigenvalue weighted by Crippen LogP contribution is 2.24. The van der Waals surface area contributed by atoms with E-state index >= 15 is 0 Å². The molecule has 3 nitrogen and oxygen atoms in total. The van der Waals surface area contributed by atoms with Gasteiger partial charge in [-0.25, -0.2) is 0 Å². The Hall–Kier alpha value is -0.120. The lowest BCUT2D eigenvalue weighted by Crippen LogP contribution is -2.33. The van der Waals surface area contributed by atoms with Crippen molar-refractivity contribution in [2.75, 3.05) is 26.9 Å². The maximum absolute atomic E-state index is 5.71. The Morgan fingerprint density at radius 2 is 1.94 bits per heavy atom. The summed E-state index contributed by atoms with van der Waals surface area (Å²) >= 11 is 0. The number of hydrogen-bond acceptors (Lipinski definition) is 3. The molecule has 2 unspecified atom stereocenters. The van der Waals surface area contributed by atoms with Crippen LogP contribution in [-0.2, 0) is 9.47 Å². The number of hydrogen-bond donors (Lipinski definition) is 1. The Morgan fingerprint density at radius 1 is 1.12 bits per heavy atom. The average Bonchev–Trinajstić information content (AvgIpc) is 2.82. The molecule has 2 aliphatic heterocycles. The molecule has 0 saturated carbocycles. The summed E-state index contributed by atoms with van der Waals surface area (Å²) in [5, 5.41) is 3.46. The third kappa shape index (κ3) is 3.72. The van der Waals surface area contributed by atoms with Crippen molar-refractivity contribution >= 4 is 0 Å². The molecule has 0 radical (unpaired) electrons. The first-order chi connectivity index (χ1) is 7.88. The van der Waals surface area contributed by atoms with E-state index in [1.807, 2.05) is 0 Å². The lowest BCUT2D eigenvalue weighted by molar-refractivity contribution is 0.0544. The van der Waals surface area contributed by atoms with E-state index in [-0.39, 0.29) is 0 Å². The van der Waals surface area contributed by atoms with E-state index in [0.29, 0.717) is 12.1 Å². The van der Waals surface area contributed by atoms with Gasteiger partial charge in [0.2, 0.25) is 0 Å². The third-order valence-electron chi connectivity index (χ3n) is 3.94. The Labute approximate surface area is 98.9 Å². The van der Waals surface area contributed by atoms with Gasteiger partial charge in [-0.15, -0.1) is 0 Å². The van der Waals surface area contributed by atoms with Gasteiger partial charge in [-0.2, -0.15) is 0 Å². The van der Waals surface area contributed by atoms with Crippen LogP contribution < -0.4 is 5.32 Å². The standard InChI is InChI=1S/C13H25NO2/c1-14-12(10-13-3-2-6-16-13)9-11-4-7-15-8-5-11/h11-14H,2-10H2,1H3. The fraction of sp³-hybridized carbons (Fsp3) is 1.00. The van der Waals surface area contributed by atoms with E-state index in [0.717, 1.165) is 25.7 Å². The Balaban J connectivity index is 1.70. The molecule has 16 heavy (non-hydrogen) atoms. The van der Waals surface area contributed by atoms with Crippen molar-refractivity contribution in [2.24, 2.45) is 5.92 Å². The minimum atomic E-state index is 0.511. The van der Waals surface area contributed by atoms with Crippen LogP contribution in [0.4, 0.5) is 0 Å². The summed E-state index contributed by atoms with van der Waals surface area (Å²) in [5.41, 5.74) is 0.